The van der Waals surface area contributed by atoms with Crippen molar-refractivity contribution < 1.29 is 19.0 Å². The summed E-state index contributed by atoms with van der Waals surface area (Å²) in [6.45, 7) is 7.66. The molecule has 0 saturated heterocycles. The second-order valence-corrected chi connectivity index (χ2v) is 7.27. The van der Waals surface area contributed by atoms with Crippen molar-refractivity contribution >= 4 is 11.9 Å². The standard InChI is InChI=1S/C22H35N3O4/c1-5-23-22(25-18-12-10-17(11-13-18)21(26)28-6-2)24-15-16(3)29-20-9-7-8-19(14-20)27-4/h7-9,14,16-18H,5-6,10-13,15H2,1-4H3,(H2,23,24,25). The molecule has 0 heterocycles. The Morgan fingerprint density at radius 3 is 2.59 bits per heavy atom. The first-order chi connectivity index (χ1) is 14.0. The number of aliphatic imine (C=N–C) groups is 1. The predicted octanol–water partition coefficient (Wildman–Crippen LogP) is 3.14. The van der Waals surface area contributed by atoms with Gasteiger partial charge in [-0.25, -0.2) is 4.99 Å². The average molecular weight is 406 g/mol. The van der Waals surface area contributed by atoms with E-state index in [4.69, 9.17) is 14.2 Å². The summed E-state index contributed by atoms with van der Waals surface area (Å²) in [5.74, 6) is 2.29. The Hall–Kier alpha value is -2.44. The molecule has 0 radical (unpaired) electrons. The van der Waals surface area contributed by atoms with Crippen LogP contribution in [-0.2, 0) is 9.53 Å². The second kappa shape index (κ2) is 12.2. The van der Waals surface area contributed by atoms with E-state index in [-0.39, 0.29) is 18.0 Å². The average Bonchev–Trinajstić information content (AvgIpc) is 2.73. The van der Waals surface area contributed by atoms with Crippen molar-refractivity contribution in [1.29, 1.82) is 0 Å². The van der Waals surface area contributed by atoms with E-state index < -0.39 is 0 Å². The maximum Gasteiger partial charge on any atom is 0.308 e. The number of guanidine groups is 1. The molecule has 1 aromatic carbocycles. The van der Waals surface area contributed by atoms with Crippen LogP contribution in [0.5, 0.6) is 11.5 Å². The maximum absolute atomic E-state index is 11.9. The number of nitrogens with zero attached hydrogens (tertiary/aromatic N) is 1. The molecule has 1 unspecified atom stereocenters. The van der Waals surface area contributed by atoms with Gasteiger partial charge in [0.2, 0.25) is 0 Å². The molecule has 1 fully saturated rings. The Balaban J connectivity index is 1.83. The quantitative estimate of drug-likeness (QED) is 0.373. The smallest absolute Gasteiger partial charge is 0.308 e. The number of carbonyl (C=O) groups is 1. The molecule has 0 spiro atoms. The number of nitrogens with one attached hydrogen (secondary N) is 2. The Labute approximate surface area is 174 Å². The number of esters is 1. The second-order valence-electron chi connectivity index (χ2n) is 7.27. The summed E-state index contributed by atoms with van der Waals surface area (Å²) in [5.41, 5.74) is 0. The molecule has 162 valence electrons. The Morgan fingerprint density at radius 1 is 1.21 bits per heavy atom. The van der Waals surface area contributed by atoms with Gasteiger partial charge in [0.25, 0.3) is 0 Å². The molecule has 0 bridgehead atoms. The molecule has 0 amide bonds. The molecule has 1 aromatic rings. The molecule has 2 N–H and O–H groups in total. The van der Waals surface area contributed by atoms with E-state index in [9.17, 15) is 4.79 Å². The van der Waals surface area contributed by atoms with E-state index in [1.807, 2.05) is 45.0 Å². The van der Waals surface area contributed by atoms with Gasteiger partial charge < -0.3 is 24.8 Å². The van der Waals surface area contributed by atoms with Gasteiger partial charge in [-0.1, -0.05) is 6.07 Å². The van der Waals surface area contributed by atoms with E-state index in [1.54, 1.807) is 7.11 Å². The van der Waals surface area contributed by atoms with Crippen molar-refractivity contribution in [2.24, 2.45) is 10.9 Å². The molecule has 2 rings (SSSR count). The van der Waals surface area contributed by atoms with Gasteiger partial charge in [-0.2, -0.15) is 0 Å². The zero-order valence-corrected chi connectivity index (χ0v) is 18.1. The van der Waals surface area contributed by atoms with Crippen LogP contribution in [0.4, 0.5) is 0 Å². The first-order valence-electron chi connectivity index (χ1n) is 10.6. The number of ether oxygens (including phenoxy) is 3. The van der Waals surface area contributed by atoms with Crippen molar-refractivity contribution in [1.82, 2.24) is 10.6 Å². The van der Waals surface area contributed by atoms with Gasteiger partial charge in [-0.3, -0.25) is 4.79 Å². The third kappa shape index (κ3) is 7.83. The number of rotatable bonds is 9. The minimum atomic E-state index is -0.0721. The molecular weight excluding hydrogens is 370 g/mol. The minimum Gasteiger partial charge on any atom is -0.497 e. The summed E-state index contributed by atoms with van der Waals surface area (Å²) in [7, 11) is 1.64. The zero-order chi connectivity index (χ0) is 21.1. The Morgan fingerprint density at radius 2 is 1.93 bits per heavy atom. The molecule has 29 heavy (non-hydrogen) atoms. The minimum absolute atomic E-state index is 0.0313. The van der Waals surface area contributed by atoms with Crippen molar-refractivity contribution in [3.63, 3.8) is 0 Å². The Bertz CT molecular complexity index is 657. The van der Waals surface area contributed by atoms with Gasteiger partial charge in [0, 0.05) is 18.7 Å². The van der Waals surface area contributed by atoms with Crippen LogP contribution in [0.1, 0.15) is 46.5 Å². The van der Waals surface area contributed by atoms with Crippen LogP contribution in [0.2, 0.25) is 0 Å². The molecule has 1 aliphatic carbocycles. The molecule has 1 atom stereocenters. The highest BCUT2D eigenvalue weighted by molar-refractivity contribution is 5.80. The lowest BCUT2D eigenvalue weighted by Crippen LogP contribution is -2.45. The van der Waals surface area contributed by atoms with Crippen molar-refractivity contribution in [3.05, 3.63) is 24.3 Å². The van der Waals surface area contributed by atoms with Gasteiger partial charge >= 0.3 is 5.97 Å². The number of carbonyl (C=O) groups excluding carboxylic acids is 1. The van der Waals surface area contributed by atoms with E-state index in [0.29, 0.717) is 19.2 Å². The number of hydrogen-bond donors (Lipinski definition) is 2. The molecule has 7 heteroatoms. The zero-order valence-electron chi connectivity index (χ0n) is 18.1. The molecule has 0 aliphatic heterocycles. The van der Waals surface area contributed by atoms with Crippen LogP contribution < -0.4 is 20.1 Å². The summed E-state index contributed by atoms with van der Waals surface area (Å²) in [6.07, 6.45) is 3.50. The summed E-state index contributed by atoms with van der Waals surface area (Å²) in [5, 5.41) is 6.79. The number of benzene rings is 1. The highest BCUT2D eigenvalue weighted by Gasteiger charge is 2.27. The van der Waals surface area contributed by atoms with E-state index in [1.165, 1.54) is 0 Å². The summed E-state index contributed by atoms with van der Waals surface area (Å²) >= 11 is 0. The molecular formula is C22H35N3O4. The highest BCUT2D eigenvalue weighted by atomic mass is 16.5. The van der Waals surface area contributed by atoms with Gasteiger partial charge in [0.05, 0.1) is 26.2 Å². The lowest BCUT2D eigenvalue weighted by molar-refractivity contribution is -0.149. The molecule has 0 aromatic heterocycles. The van der Waals surface area contributed by atoms with Crippen molar-refractivity contribution in [2.45, 2.75) is 58.6 Å². The van der Waals surface area contributed by atoms with Gasteiger partial charge in [0.1, 0.15) is 17.6 Å². The van der Waals surface area contributed by atoms with Gasteiger partial charge in [-0.15, -0.1) is 0 Å². The topological polar surface area (TPSA) is 81.2 Å². The van der Waals surface area contributed by atoms with Crippen LogP contribution in [-0.4, -0.2) is 50.9 Å². The molecule has 7 nitrogen and oxygen atoms in total. The molecule has 1 aliphatic rings. The van der Waals surface area contributed by atoms with Crippen LogP contribution >= 0.6 is 0 Å². The maximum atomic E-state index is 11.9. The Kier molecular flexibility index (Phi) is 9.60. The van der Waals surface area contributed by atoms with Gasteiger partial charge in [0.15, 0.2) is 5.96 Å². The number of hydrogen-bond acceptors (Lipinski definition) is 5. The van der Waals surface area contributed by atoms with Crippen LogP contribution in [0.3, 0.4) is 0 Å². The predicted molar refractivity (Wildman–Crippen MR) is 115 cm³/mol. The summed E-state index contributed by atoms with van der Waals surface area (Å²) in [6, 6.07) is 7.88. The largest absolute Gasteiger partial charge is 0.497 e. The first-order valence-corrected chi connectivity index (χ1v) is 10.6. The monoisotopic (exact) mass is 405 g/mol. The number of methoxy groups -OCH3 is 1. The van der Waals surface area contributed by atoms with Crippen LogP contribution in [0.25, 0.3) is 0 Å². The van der Waals surface area contributed by atoms with E-state index >= 15 is 0 Å². The summed E-state index contributed by atoms with van der Waals surface area (Å²) in [4.78, 5) is 16.6. The SMILES string of the molecule is CCNC(=NCC(C)Oc1cccc(OC)c1)NC1CCC(C(=O)OCC)CC1. The van der Waals surface area contributed by atoms with Crippen molar-refractivity contribution in [2.75, 3.05) is 26.8 Å². The van der Waals surface area contributed by atoms with E-state index in [2.05, 4.69) is 15.6 Å². The van der Waals surface area contributed by atoms with Crippen LogP contribution in [0, 0.1) is 5.92 Å². The van der Waals surface area contributed by atoms with Crippen molar-refractivity contribution in [3.8, 4) is 11.5 Å². The van der Waals surface area contributed by atoms with Gasteiger partial charge in [-0.05, 0) is 58.6 Å². The third-order valence-electron chi connectivity index (χ3n) is 4.92. The highest BCUT2D eigenvalue weighted by Crippen LogP contribution is 2.25. The van der Waals surface area contributed by atoms with E-state index in [0.717, 1.165) is 49.7 Å². The molecule has 1 saturated carbocycles. The normalized spacial score (nSPS) is 20.5. The fourth-order valence-electron chi connectivity index (χ4n) is 3.41. The third-order valence-corrected chi connectivity index (χ3v) is 4.92. The first kappa shape index (κ1) is 22.8. The summed E-state index contributed by atoms with van der Waals surface area (Å²) < 4.78 is 16.3. The van der Waals surface area contributed by atoms with Crippen LogP contribution in [0.15, 0.2) is 29.3 Å². The fourth-order valence-corrected chi connectivity index (χ4v) is 3.41. The fraction of sp³-hybridized carbons (Fsp3) is 0.636. The lowest BCUT2D eigenvalue weighted by atomic mass is 9.86. The lowest BCUT2D eigenvalue weighted by Gasteiger charge is -2.29.